The number of carbonyl (C=O) groups excluding carboxylic acids is 1. The second-order valence-electron chi connectivity index (χ2n) is 9.00. The molecule has 3 aromatic carbocycles. The summed E-state index contributed by atoms with van der Waals surface area (Å²) in [7, 11) is 0. The molecule has 0 radical (unpaired) electrons. The van der Waals surface area contributed by atoms with Gasteiger partial charge in [-0.15, -0.1) is 0 Å². The normalized spacial score (nSPS) is 16.4. The minimum absolute atomic E-state index is 0.0444. The van der Waals surface area contributed by atoms with E-state index in [2.05, 4.69) is 58.4 Å². The van der Waals surface area contributed by atoms with E-state index in [-0.39, 0.29) is 18.7 Å². The average Bonchev–Trinajstić information content (AvgIpc) is 3.35. The Hall–Kier alpha value is -3.51. The van der Waals surface area contributed by atoms with E-state index in [1.165, 1.54) is 11.3 Å². The maximum Gasteiger partial charge on any atom is 0.251 e. The molecule has 1 amide bonds. The molecule has 2 heterocycles. The number of aryl methyl sites for hydroxylation is 2. The Labute approximate surface area is 201 Å². The van der Waals surface area contributed by atoms with E-state index in [0.29, 0.717) is 12.1 Å². The van der Waals surface area contributed by atoms with Gasteiger partial charge in [0.05, 0.1) is 6.04 Å². The van der Waals surface area contributed by atoms with Crippen LogP contribution in [0.3, 0.4) is 0 Å². The number of para-hydroxylation sites is 1. The third-order valence-electron chi connectivity index (χ3n) is 6.88. The monoisotopic (exact) mass is 457 g/mol. The smallest absolute Gasteiger partial charge is 0.251 e. The average molecular weight is 458 g/mol. The number of fused-ring (bicyclic) bond motifs is 1. The summed E-state index contributed by atoms with van der Waals surface area (Å²) in [6.45, 7) is 8.57. The van der Waals surface area contributed by atoms with Gasteiger partial charge in [-0.05, 0) is 66.9 Å². The van der Waals surface area contributed by atoms with Crippen molar-refractivity contribution in [1.82, 2.24) is 10.2 Å². The minimum atomic E-state index is -0.0447. The first kappa shape index (κ1) is 22.3. The van der Waals surface area contributed by atoms with Gasteiger partial charge in [0.15, 0.2) is 11.5 Å². The fraction of sp³-hybridized carbons (Fsp3) is 0.321. The first-order valence-corrected chi connectivity index (χ1v) is 11.9. The molecule has 1 fully saturated rings. The van der Waals surface area contributed by atoms with Gasteiger partial charge in [0.1, 0.15) is 0 Å². The van der Waals surface area contributed by atoms with E-state index in [9.17, 15) is 4.79 Å². The molecule has 0 spiro atoms. The maximum absolute atomic E-state index is 13.0. The number of rotatable bonds is 6. The molecule has 1 N–H and O–H groups in total. The number of piperazine rings is 1. The van der Waals surface area contributed by atoms with Crippen LogP contribution in [0.4, 0.5) is 5.69 Å². The van der Waals surface area contributed by atoms with Crippen molar-refractivity contribution in [2.45, 2.75) is 19.9 Å². The van der Waals surface area contributed by atoms with Gasteiger partial charge in [-0.1, -0.05) is 30.3 Å². The highest BCUT2D eigenvalue weighted by atomic mass is 16.7. The molecule has 34 heavy (non-hydrogen) atoms. The summed E-state index contributed by atoms with van der Waals surface area (Å²) in [5.74, 6) is 1.50. The zero-order valence-corrected chi connectivity index (χ0v) is 19.8. The molecule has 0 saturated carbocycles. The van der Waals surface area contributed by atoms with Crippen LogP contribution in [-0.2, 0) is 0 Å². The lowest BCUT2D eigenvalue weighted by Gasteiger charge is -2.40. The second-order valence-corrected chi connectivity index (χ2v) is 9.00. The predicted molar refractivity (Wildman–Crippen MR) is 134 cm³/mol. The first-order chi connectivity index (χ1) is 16.6. The Balaban J connectivity index is 1.32. The molecule has 0 bridgehead atoms. The van der Waals surface area contributed by atoms with Gasteiger partial charge in [-0.25, -0.2) is 0 Å². The number of carbonyl (C=O) groups is 1. The van der Waals surface area contributed by atoms with Crippen LogP contribution in [-0.4, -0.2) is 50.3 Å². The zero-order chi connectivity index (χ0) is 23.5. The highest BCUT2D eigenvalue weighted by molar-refractivity contribution is 5.94. The third-order valence-corrected chi connectivity index (χ3v) is 6.88. The van der Waals surface area contributed by atoms with Crippen LogP contribution < -0.4 is 19.7 Å². The van der Waals surface area contributed by atoms with Crippen molar-refractivity contribution in [2.75, 3.05) is 44.4 Å². The molecule has 1 saturated heterocycles. The van der Waals surface area contributed by atoms with Crippen molar-refractivity contribution in [3.8, 4) is 11.5 Å². The van der Waals surface area contributed by atoms with Gasteiger partial charge in [-0.3, -0.25) is 9.69 Å². The summed E-state index contributed by atoms with van der Waals surface area (Å²) in [5.41, 5.74) is 5.38. The topological polar surface area (TPSA) is 54.0 Å². The number of amides is 1. The maximum atomic E-state index is 13.0. The van der Waals surface area contributed by atoms with Crippen LogP contribution in [0.1, 0.15) is 33.1 Å². The number of hydrogen-bond acceptors (Lipinski definition) is 5. The quantitative estimate of drug-likeness (QED) is 0.597. The lowest BCUT2D eigenvalue weighted by atomic mass is 10.0. The fourth-order valence-corrected chi connectivity index (χ4v) is 4.68. The Bertz CT molecular complexity index is 1160. The van der Waals surface area contributed by atoms with Crippen molar-refractivity contribution in [1.29, 1.82) is 0 Å². The molecule has 2 aliphatic rings. The number of nitrogens with zero attached hydrogens (tertiary/aromatic N) is 2. The lowest BCUT2D eigenvalue weighted by Crippen LogP contribution is -2.50. The van der Waals surface area contributed by atoms with Crippen molar-refractivity contribution in [3.05, 3.63) is 89.0 Å². The summed E-state index contributed by atoms with van der Waals surface area (Å²) in [6.07, 6.45) is 0. The fourth-order valence-electron chi connectivity index (χ4n) is 4.68. The van der Waals surface area contributed by atoms with Crippen LogP contribution >= 0.6 is 0 Å². The van der Waals surface area contributed by atoms with Gasteiger partial charge < -0.3 is 19.7 Å². The molecule has 6 heteroatoms. The van der Waals surface area contributed by atoms with Gasteiger partial charge in [0.2, 0.25) is 6.79 Å². The molecule has 0 unspecified atom stereocenters. The summed E-state index contributed by atoms with van der Waals surface area (Å²) in [5, 5.41) is 3.19. The van der Waals surface area contributed by atoms with E-state index in [1.807, 2.05) is 37.3 Å². The zero-order valence-electron chi connectivity index (χ0n) is 19.8. The summed E-state index contributed by atoms with van der Waals surface area (Å²) in [4.78, 5) is 17.8. The van der Waals surface area contributed by atoms with Crippen LogP contribution in [0.5, 0.6) is 11.5 Å². The number of benzene rings is 3. The van der Waals surface area contributed by atoms with E-state index in [4.69, 9.17) is 9.47 Å². The van der Waals surface area contributed by atoms with Crippen molar-refractivity contribution in [3.63, 3.8) is 0 Å². The van der Waals surface area contributed by atoms with Crippen LogP contribution in [0.25, 0.3) is 0 Å². The lowest BCUT2D eigenvalue weighted by molar-refractivity contribution is 0.0930. The molecule has 176 valence electrons. The number of nitrogens with one attached hydrogen (secondary N) is 1. The van der Waals surface area contributed by atoms with Crippen LogP contribution in [0.2, 0.25) is 0 Å². The highest BCUT2D eigenvalue weighted by Crippen LogP contribution is 2.35. The molecule has 5 rings (SSSR count). The number of hydrogen-bond donors (Lipinski definition) is 1. The Morgan fingerprint density at radius 3 is 2.41 bits per heavy atom. The molecule has 0 aromatic heterocycles. The van der Waals surface area contributed by atoms with Crippen LogP contribution in [0.15, 0.2) is 66.7 Å². The first-order valence-electron chi connectivity index (χ1n) is 11.9. The molecular formula is C28H31N3O3. The minimum Gasteiger partial charge on any atom is -0.454 e. The molecule has 1 atom stereocenters. The second kappa shape index (κ2) is 9.77. The van der Waals surface area contributed by atoms with E-state index in [1.54, 1.807) is 0 Å². The highest BCUT2D eigenvalue weighted by Gasteiger charge is 2.27. The van der Waals surface area contributed by atoms with Gasteiger partial charge in [0.25, 0.3) is 5.91 Å². The standard InChI is InChI=1S/C28H31N3O3/c1-20-8-9-23(16-21(20)2)28(32)29-18-25(22-10-11-26-27(17-22)34-19-33-26)31-14-12-30(13-15-31)24-6-4-3-5-7-24/h3-11,16-17,25H,12-15,18-19H2,1-2H3,(H,29,32)/t25-/m0/s1. The largest absolute Gasteiger partial charge is 0.454 e. The molecular weight excluding hydrogens is 426 g/mol. The Morgan fingerprint density at radius 2 is 1.65 bits per heavy atom. The number of anilines is 1. The van der Waals surface area contributed by atoms with Gasteiger partial charge in [0, 0.05) is 44.0 Å². The van der Waals surface area contributed by atoms with E-state index in [0.717, 1.165) is 48.8 Å². The van der Waals surface area contributed by atoms with Crippen LogP contribution in [0, 0.1) is 13.8 Å². The SMILES string of the molecule is Cc1ccc(C(=O)NC[C@@H](c2ccc3c(c2)OCO3)N2CCN(c3ccccc3)CC2)cc1C. The summed E-state index contributed by atoms with van der Waals surface area (Å²) in [6, 6.07) is 22.5. The van der Waals surface area contributed by atoms with Gasteiger partial charge in [-0.2, -0.15) is 0 Å². The molecule has 0 aliphatic carbocycles. The Morgan fingerprint density at radius 1 is 0.882 bits per heavy atom. The van der Waals surface area contributed by atoms with Crippen molar-refractivity contribution < 1.29 is 14.3 Å². The van der Waals surface area contributed by atoms with E-state index < -0.39 is 0 Å². The van der Waals surface area contributed by atoms with Crippen molar-refractivity contribution >= 4 is 11.6 Å². The van der Waals surface area contributed by atoms with E-state index >= 15 is 0 Å². The predicted octanol–water partition coefficient (Wildman–Crippen LogP) is 4.33. The third kappa shape index (κ3) is 4.73. The van der Waals surface area contributed by atoms with Gasteiger partial charge >= 0.3 is 0 Å². The number of ether oxygens (including phenoxy) is 2. The molecule has 3 aromatic rings. The summed E-state index contributed by atoms with van der Waals surface area (Å²) >= 11 is 0. The Kier molecular flexibility index (Phi) is 6.41. The van der Waals surface area contributed by atoms with Crippen molar-refractivity contribution in [2.24, 2.45) is 0 Å². The molecule has 2 aliphatic heterocycles. The molecule has 6 nitrogen and oxygen atoms in total. The summed E-state index contributed by atoms with van der Waals surface area (Å²) < 4.78 is 11.1.